The zero-order valence-electron chi connectivity index (χ0n) is 9.56. The van der Waals surface area contributed by atoms with Gasteiger partial charge in [-0.3, -0.25) is 14.9 Å². The summed E-state index contributed by atoms with van der Waals surface area (Å²) in [5, 5.41) is 21.9. The quantitative estimate of drug-likeness (QED) is 0.475. The summed E-state index contributed by atoms with van der Waals surface area (Å²) in [5.41, 5.74) is 0.381. The Morgan fingerprint density at radius 1 is 1.50 bits per heavy atom. The topological polar surface area (TPSA) is 96.0 Å². The van der Waals surface area contributed by atoms with E-state index in [-0.39, 0.29) is 23.7 Å². The molecule has 1 N–H and O–H groups in total. The molecule has 0 aliphatic carbocycles. The molecule has 18 heavy (non-hydrogen) atoms. The number of carbonyl (C=O) groups excluding carboxylic acids is 1. The monoisotopic (exact) mass is 243 g/mol. The molecule has 1 aromatic rings. The number of nitrogens with zero attached hydrogens (tertiary/aromatic N) is 2. The first kappa shape index (κ1) is 13.2. The highest BCUT2D eigenvalue weighted by molar-refractivity contribution is 5.73. The van der Waals surface area contributed by atoms with E-state index in [1.807, 2.05) is 6.07 Å². The van der Waals surface area contributed by atoms with Gasteiger partial charge in [-0.15, -0.1) is 0 Å². The third-order valence-corrected chi connectivity index (χ3v) is 1.98. The summed E-state index contributed by atoms with van der Waals surface area (Å²) in [6.07, 6.45) is 0. The van der Waals surface area contributed by atoms with E-state index >= 15 is 0 Å². The summed E-state index contributed by atoms with van der Waals surface area (Å²) in [4.78, 5) is 20.5. The van der Waals surface area contributed by atoms with Gasteiger partial charge < -0.3 is 5.32 Å². The lowest BCUT2D eigenvalue weighted by atomic mass is 10.1. The molecule has 0 fully saturated rings. The number of hydrogen-bond donors (Lipinski definition) is 1. The van der Waals surface area contributed by atoms with Crippen molar-refractivity contribution in [3.8, 4) is 17.9 Å². The van der Waals surface area contributed by atoms with E-state index in [0.29, 0.717) is 5.56 Å². The molecular formula is C12H9N3O3. The van der Waals surface area contributed by atoms with Crippen LogP contribution < -0.4 is 5.32 Å². The van der Waals surface area contributed by atoms with Gasteiger partial charge in [0, 0.05) is 24.6 Å². The fourth-order valence-electron chi connectivity index (χ4n) is 1.16. The predicted molar refractivity (Wildman–Crippen MR) is 63.4 cm³/mol. The first-order valence-corrected chi connectivity index (χ1v) is 4.96. The molecule has 0 radical (unpaired) electrons. The van der Waals surface area contributed by atoms with Gasteiger partial charge in [-0.1, -0.05) is 11.8 Å². The van der Waals surface area contributed by atoms with Crippen molar-refractivity contribution in [2.75, 3.05) is 6.54 Å². The summed E-state index contributed by atoms with van der Waals surface area (Å²) in [6, 6.07) is 5.71. The smallest absolute Gasteiger partial charge is 0.270 e. The largest absolute Gasteiger partial charge is 0.345 e. The number of nitro groups is 1. The van der Waals surface area contributed by atoms with Crippen LogP contribution in [0.1, 0.15) is 18.1 Å². The number of rotatable bonds is 2. The van der Waals surface area contributed by atoms with Crippen LogP contribution in [-0.4, -0.2) is 17.4 Å². The SMILES string of the molecule is CC(=O)NCC#Cc1ccc([N+](=O)[O-])cc1C#N. The van der Waals surface area contributed by atoms with Crippen molar-refractivity contribution in [2.24, 2.45) is 0 Å². The van der Waals surface area contributed by atoms with Gasteiger partial charge in [-0.05, 0) is 6.07 Å². The molecule has 0 bridgehead atoms. The van der Waals surface area contributed by atoms with E-state index in [9.17, 15) is 14.9 Å². The Labute approximate surface area is 103 Å². The van der Waals surface area contributed by atoms with Crippen LogP contribution in [0, 0.1) is 33.3 Å². The van der Waals surface area contributed by atoms with Crippen LogP contribution in [0.4, 0.5) is 5.69 Å². The Kier molecular flexibility index (Phi) is 4.42. The maximum Gasteiger partial charge on any atom is 0.270 e. The first-order chi connectivity index (χ1) is 8.54. The standard InChI is InChI=1S/C12H9N3O3/c1-9(16)14-6-2-3-10-4-5-12(15(17)18)7-11(10)8-13/h4-5,7H,6H2,1H3,(H,14,16). The van der Waals surface area contributed by atoms with E-state index in [1.165, 1.54) is 25.1 Å². The summed E-state index contributed by atoms with van der Waals surface area (Å²) in [6.45, 7) is 1.53. The number of nitriles is 1. The first-order valence-electron chi connectivity index (χ1n) is 4.96. The molecule has 0 aliphatic rings. The molecule has 0 atom stereocenters. The average molecular weight is 243 g/mol. The van der Waals surface area contributed by atoms with Crippen molar-refractivity contribution < 1.29 is 9.72 Å². The molecule has 90 valence electrons. The molecule has 0 heterocycles. The molecule has 0 spiro atoms. The summed E-state index contributed by atoms with van der Waals surface area (Å²) < 4.78 is 0. The van der Waals surface area contributed by atoms with E-state index in [0.717, 1.165) is 0 Å². The normalized spacial score (nSPS) is 8.67. The molecule has 0 aliphatic heterocycles. The van der Waals surface area contributed by atoms with Crippen molar-refractivity contribution in [2.45, 2.75) is 6.92 Å². The molecule has 0 aromatic heterocycles. The summed E-state index contributed by atoms with van der Waals surface area (Å²) >= 11 is 0. The minimum absolute atomic E-state index is 0.138. The Bertz CT molecular complexity index is 591. The van der Waals surface area contributed by atoms with Crippen LogP contribution in [0.15, 0.2) is 18.2 Å². The lowest BCUT2D eigenvalue weighted by Crippen LogP contribution is -2.19. The molecule has 1 aromatic carbocycles. The predicted octanol–water partition coefficient (Wildman–Crippen LogP) is 0.954. The van der Waals surface area contributed by atoms with E-state index < -0.39 is 4.92 Å². The van der Waals surface area contributed by atoms with Crippen LogP contribution in [0.2, 0.25) is 0 Å². The molecule has 6 heteroatoms. The van der Waals surface area contributed by atoms with Crippen LogP contribution in [-0.2, 0) is 4.79 Å². The molecule has 1 rings (SSSR count). The van der Waals surface area contributed by atoms with Crippen molar-refractivity contribution in [1.29, 1.82) is 5.26 Å². The third kappa shape index (κ3) is 3.62. The molecule has 0 saturated carbocycles. The second kappa shape index (κ2) is 6.02. The number of hydrogen-bond acceptors (Lipinski definition) is 4. The lowest BCUT2D eigenvalue weighted by Gasteiger charge is -1.96. The second-order valence-corrected chi connectivity index (χ2v) is 3.31. The van der Waals surface area contributed by atoms with Gasteiger partial charge >= 0.3 is 0 Å². The van der Waals surface area contributed by atoms with Gasteiger partial charge in [-0.25, -0.2) is 0 Å². The van der Waals surface area contributed by atoms with Crippen LogP contribution in [0.5, 0.6) is 0 Å². The number of amides is 1. The van der Waals surface area contributed by atoms with Crippen molar-refractivity contribution >= 4 is 11.6 Å². The summed E-state index contributed by atoms with van der Waals surface area (Å²) in [7, 11) is 0. The number of nitrogens with one attached hydrogen (secondary N) is 1. The molecular weight excluding hydrogens is 234 g/mol. The highest BCUT2D eigenvalue weighted by atomic mass is 16.6. The number of benzene rings is 1. The van der Waals surface area contributed by atoms with Crippen molar-refractivity contribution in [3.63, 3.8) is 0 Å². The molecule has 0 saturated heterocycles. The Hall–Kier alpha value is -2.86. The fourth-order valence-corrected chi connectivity index (χ4v) is 1.16. The molecule has 6 nitrogen and oxygen atoms in total. The average Bonchev–Trinajstić information content (AvgIpc) is 2.34. The molecule has 1 amide bonds. The third-order valence-electron chi connectivity index (χ3n) is 1.98. The maximum absolute atomic E-state index is 10.6. The van der Waals surface area contributed by atoms with Crippen molar-refractivity contribution in [3.05, 3.63) is 39.4 Å². The number of carbonyl (C=O) groups is 1. The Morgan fingerprint density at radius 3 is 2.78 bits per heavy atom. The lowest BCUT2D eigenvalue weighted by molar-refractivity contribution is -0.384. The second-order valence-electron chi connectivity index (χ2n) is 3.31. The van der Waals surface area contributed by atoms with E-state index in [1.54, 1.807) is 0 Å². The highest BCUT2D eigenvalue weighted by Crippen LogP contribution is 2.16. The minimum atomic E-state index is -0.574. The maximum atomic E-state index is 10.6. The van der Waals surface area contributed by atoms with E-state index in [2.05, 4.69) is 17.2 Å². The zero-order valence-corrected chi connectivity index (χ0v) is 9.56. The van der Waals surface area contributed by atoms with Crippen LogP contribution >= 0.6 is 0 Å². The van der Waals surface area contributed by atoms with E-state index in [4.69, 9.17) is 5.26 Å². The van der Waals surface area contributed by atoms with Crippen molar-refractivity contribution in [1.82, 2.24) is 5.32 Å². The summed E-state index contributed by atoms with van der Waals surface area (Å²) in [5.74, 6) is 5.13. The molecule has 0 unspecified atom stereocenters. The Morgan fingerprint density at radius 2 is 2.22 bits per heavy atom. The fraction of sp³-hybridized carbons (Fsp3) is 0.167. The van der Waals surface area contributed by atoms with Gasteiger partial charge in [0.25, 0.3) is 5.69 Å². The van der Waals surface area contributed by atoms with Crippen LogP contribution in [0.25, 0.3) is 0 Å². The van der Waals surface area contributed by atoms with Gasteiger partial charge in [0.1, 0.15) is 6.07 Å². The van der Waals surface area contributed by atoms with Gasteiger partial charge in [0.15, 0.2) is 0 Å². The zero-order chi connectivity index (χ0) is 13.5. The van der Waals surface area contributed by atoms with Gasteiger partial charge in [0.2, 0.25) is 5.91 Å². The Balaban J connectivity index is 2.93. The van der Waals surface area contributed by atoms with Gasteiger partial charge in [-0.2, -0.15) is 5.26 Å². The van der Waals surface area contributed by atoms with Gasteiger partial charge in [0.05, 0.1) is 17.0 Å². The number of nitro benzene ring substituents is 1. The highest BCUT2D eigenvalue weighted by Gasteiger charge is 2.08. The minimum Gasteiger partial charge on any atom is -0.345 e. The number of non-ortho nitro benzene ring substituents is 1. The van der Waals surface area contributed by atoms with Crippen LogP contribution in [0.3, 0.4) is 0 Å².